The minimum atomic E-state index is -0.374. The summed E-state index contributed by atoms with van der Waals surface area (Å²) in [5.41, 5.74) is 0. The Labute approximate surface area is 73.1 Å². The molecule has 0 aromatic carbocycles. The van der Waals surface area contributed by atoms with Crippen LogP contribution in [0.3, 0.4) is 0 Å². The van der Waals surface area contributed by atoms with Crippen LogP contribution in [0.4, 0.5) is 0 Å². The fourth-order valence-corrected chi connectivity index (χ4v) is 1.27. The van der Waals surface area contributed by atoms with Crippen LogP contribution in [0.2, 0.25) is 0 Å². The third kappa shape index (κ3) is 2.82. The van der Waals surface area contributed by atoms with E-state index in [0.29, 0.717) is 19.4 Å². The van der Waals surface area contributed by atoms with Gasteiger partial charge in [0.25, 0.3) is 0 Å². The Balaban J connectivity index is 2.21. The number of aliphatic hydroxyl groups excluding tert-OH is 1. The Morgan fingerprint density at radius 1 is 1.75 bits per heavy atom. The van der Waals surface area contributed by atoms with E-state index in [1.807, 2.05) is 0 Å². The number of morpholine rings is 1. The average molecular weight is 169 g/mol. The predicted octanol–water partition coefficient (Wildman–Crippen LogP) is -0.251. The Morgan fingerprint density at radius 3 is 3.17 bits per heavy atom. The van der Waals surface area contributed by atoms with Crippen molar-refractivity contribution in [3.05, 3.63) is 0 Å². The summed E-state index contributed by atoms with van der Waals surface area (Å²) in [7, 11) is 0. The van der Waals surface area contributed by atoms with Gasteiger partial charge in [-0.1, -0.05) is 0 Å². The van der Waals surface area contributed by atoms with Crippen LogP contribution in [0.25, 0.3) is 0 Å². The van der Waals surface area contributed by atoms with Crippen molar-refractivity contribution in [3.63, 3.8) is 0 Å². The van der Waals surface area contributed by atoms with Crippen LogP contribution in [0, 0.1) is 12.3 Å². The maximum Gasteiger partial charge on any atom is 0.0724 e. The minimum Gasteiger partial charge on any atom is -0.391 e. The molecule has 0 aliphatic carbocycles. The molecule has 0 aromatic rings. The van der Waals surface area contributed by atoms with Gasteiger partial charge in [0.2, 0.25) is 0 Å². The average Bonchev–Trinajstić information content (AvgIpc) is 2.15. The number of rotatable bonds is 3. The minimum absolute atomic E-state index is 0.0621. The lowest BCUT2D eigenvalue weighted by atomic mass is 10.1. The van der Waals surface area contributed by atoms with Crippen LogP contribution in [0.15, 0.2) is 0 Å². The number of hydrogen-bond acceptors (Lipinski definition) is 3. The second-order valence-corrected chi connectivity index (χ2v) is 2.95. The first-order valence-electron chi connectivity index (χ1n) is 4.27. The number of terminal acetylenes is 1. The number of ether oxygens (including phenoxy) is 1. The summed E-state index contributed by atoms with van der Waals surface area (Å²) in [6.45, 7) is 2.14. The molecule has 0 bridgehead atoms. The molecule has 68 valence electrons. The van der Waals surface area contributed by atoms with Crippen molar-refractivity contribution in [3.8, 4) is 12.3 Å². The largest absolute Gasteiger partial charge is 0.391 e. The first-order chi connectivity index (χ1) is 5.84. The van der Waals surface area contributed by atoms with Crippen molar-refractivity contribution in [1.82, 2.24) is 5.32 Å². The lowest BCUT2D eigenvalue weighted by Crippen LogP contribution is -2.48. The number of aliphatic hydroxyl groups is 1. The Kier molecular flexibility index (Phi) is 4.09. The smallest absolute Gasteiger partial charge is 0.0724 e. The topological polar surface area (TPSA) is 41.5 Å². The fraction of sp³-hybridized carbons (Fsp3) is 0.778. The lowest BCUT2D eigenvalue weighted by molar-refractivity contribution is 0.0160. The van der Waals surface area contributed by atoms with Crippen molar-refractivity contribution < 1.29 is 9.84 Å². The van der Waals surface area contributed by atoms with E-state index in [9.17, 15) is 5.11 Å². The van der Waals surface area contributed by atoms with Crippen molar-refractivity contribution in [2.75, 3.05) is 19.8 Å². The molecule has 1 rings (SSSR count). The standard InChI is InChI=1S/C9H15NO2/c1-2-3-4-9(11)8-7-12-6-5-10-8/h1,8-11H,3-7H2. The van der Waals surface area contributed by atoms with E-state index in [0.717, 1.165) is 13.2 Å². The first kappa shape index (κ1) is 9.53. The van der Waals surface area contributed by atoms with Gasteiger partial charge in [-0.25, -0.2) is 0 Å². The van der Waals surface area contributed by atoms with Crippen molar-refractivity contribution in [2.45, 2.75) is 25.0 Å². The highest BCUT2D eigenvalue weighted by Gasteiger charge is 2.20. The van der Waals surface area contributed by atoms with Crippen LogP contribution in [-0.2, 0) is 4.74 Å². The summed E-state index contributed by atoms with van der Waals surface area (Å²) in [5.74, 6) is 2.51. The summed E-state index contributed by atoms with van der Waals surface area (Å²) >= 11 is 0. The van der Waals surface area contributed by atoms with E-state index in [1.165, 1.54) is 0 Å². The van der Waals surface area contributed by atoms with Gasteiger partial charge in [0.05, 0.1) is 25.4 Å². The maximum atomic E-state index is 9.57. The first-order valence-corrected chi connectivity index (χ1v) is 4.27. The molecule has 3 heteroatoms. The zero-order valence-electron chi connectivity index (χ0n) is 7.12. The summed E-state index contributed by atoms with van der Waals surface area (Å²) in [6.07, 6.45) is 5.99. The molecule has 0 spiro atoms. The zero-order chi connectivity index (χ0) is 8.81. The van der Waals surface area contributed by atoms with Crippen LogP contribution in [-0.4, -0.2) is 37.0 Å². The SMILES string of the molecule is C#CCCC(O)C1COCCN1. The summed E-state index contributed by atoms with van der Waals surface area (Å²) in [4.78, 5) is 0. The normalized spacial score (nSPS) is 26.2. The van der Waals surface area contributed by atoms with Crippen molar-refractivity contribution in [1.29, 1.82) is 0 Å². The molecular formula is C9H15NO2. The van der Waals surface area contributed by atoms with Gasteiger partial charge in [-0.3, -0.25) is 0 Å². The lowest BCUT2D eigenvalue weighted by Gasteiger charge is -2.27. The van der Waals surface area contributed by atoms with Gasteiger partial charge in [0, 0.05) is 13.0 Å². The molecular weight excluding hydrogens is 154 g/mol. The van der Waals surface area contributed by atoms with E-state index in [4.69, 9.17) is 11.2 Å². The zero-order valence-corrected chi connectivity index (χ0v) is 7.12. The monoisotopic (exact) mass is 169 g/mol. The molecule has 12 heavy (non-hydrogen) atoms. The highest BCUT2D eigenvalue weighted by Crippen LogP contribution is 2.05. The molecule has 2 atom stereocenters. The number of hydrogen-bond donors (Lipinski definition) is 2. The molecule has 1 aliphatic heterocycles. The molecule has 1 fully saturated rings. The fourth-order valence-electron chi connectivity index (χ4n) is 1.27. The molecule has 0 aromatic heterocycles. The van der Waals surface area contributed by atoms with Gasteiger partial charge >= 0.3 is 0 Å². The predicted molar refractivity (Wildman–Crippen MR) is 46.7 cm³/mol. The number of nitrogens with one attached hydrogen (secondary N) is 1. The van der Waals surface area contributed by atoms with E-state index in [2.05, 4.69) is 11.2 Å². The Hall–Kier alpha value is -0.560. The molecule has 2 unspecified atom stereocenters. The second kappa shape index (κ2) is 5.15. The van der Waals surface area contributed by atoms with Gasteiger partial charge in [-0.2, -0.15) is 0 Å². The molecule has 3 nitrogen and oxygen atoms in total. The van der Waals surface area contributed by atoms with Crippen molar-refractivity contribution in [2.24, 2.45) is 0 Å². The quantitative estimate of drug-likeness (QED) is 0.572. The molecule has 1 heterocycles. The van der Waals surface area contributed by atoms with E-state index in [1.54, 1.807) is 0 Å². The molecule has 0 saturated carbocycles. The molecule has 1 saturated heterocycles. The van der Waals surface area contributed by atoms with E-state index >= 15 is 0 Å². The van der Waals surface area contributed by atoms with Crippen LogP contribution in [0.5, 0.6) is 0 Å². The van der Waals surface area contributed by atoms with Crippen LogP contribution < -0.4 is 5.32 Å². The maximum absolute atomic E-state index is 9.57. The molecule has 2 N–H and O–H groups in total. The van der Waals surface area contributed by atoms with Gasteiger partial charge in [-0.05, 0) is 6.42 Å². The van der Waals surface area contributed by atoms with E-state index in [-0.39, 0.29) is 12.1 Å². The summed E-state index contributed by atoms with van der Waals surface area (Å²) < 4.78 is 5.21. The third-order valence-electron chi connectivity index (χ3n) is 2.00. The van der Waals surface area contributed by atoms with Crippen LogP contribution in [0.1, 0.15) is 12.8 Å². The van der Waals surface area contributed by atoms with Gasteiger partial charge in [0.15, 0.2) is 0 Å². The molecule has 0 radical (unpaired) electrons. The highest BCUT2D eigenvalue weighted by molar-refractivity contribution is 4.87. The third-order valence-corrected chi connectivity index (χ3v) is 2.00. The summed E-state index contributed by atoms with van der Waals surface area (Å²) in [5, 5.41) is 12.8. The second-order valence-electron chi connectivity index (χ2n) is 2.95. The highest BCUT2D eigenvalue weighted by atomic mass is 16.5. The van der Waals surface area contributed by atoms with Gasteiger partial charge in [-0.15, -0.1) is 12.3 Å². The Bertz CT molecular complexity index is 158. The summed E-state index contributed by atoms with van der Waals surface area (Å²) in [6, 6.07) is 0.0621. The van der Waals surface area contributed by atoms with E-state index < -0.39 is 0 Å². The van der Waals surface area contributed by atoms with Crippen molar-refractivity contribution >= 4 is 0 Å². The molecule has 1 aliphatic rings. The molecule has 0 amide bonds. The van der Waals surface area contributed by atoms with Crippen LogP contribution >= 0.6 is 0 Å². The van der Waals surface area contributed by atoms with Gasteiger partial charge < -0.3 is 15.2 Å². The Morgan fingerprint density at radius 2 is 2.58 bits per heavy atom. The van der Waals surface area contributed by atoms with Gasteiger partial charge in [0.1, 0.15) is 0 Å².